The maximum Gasteiger partial charge on any atom is 0.314 e. The van der Waals surface area contributed by atoms with Gasteiger partial charge in [0, 0.05) is 13.1 Å². The molecule has 1 aromatic carbocycles. The molecule has 0 saturated heterocycles. The minimum absolute atomic E-state index is 0.104. The van der Waals surface area contributed by atoms with Crippen LogP contribution < -0.4 is 10.6 Å². The summed E-state index contributed by atoms with van der Waals surface area (Å²) in [6.07, 6.45) is 4.44. The van der Waals surface area contributed by atoms with Crippen molar-refractivity contribution in [1.29, 1.82) is 0 Å². The van der Waals surface area contributed by atoms with Crippen LogP contribution in [-0.4, -0.2) is 19.1 Å². The normalized spacial score (nSPS) is 24.8. The van der Waals surface area contributed by atoms with Crippen molar-refractivity contribution in [3.63, 3.8) is 0 Å². The number of halogens is 1. The van der Waals surface area contributed by atoms with Gasteiger partial charge in [-0.15, -0.1) is 0 Å². The highest BCUT2D eigenvalue weighted by Crippen LogP contribution is 2.32. The van der Waals surface area contributed by atoms with E-state index in [0.29, 0.717) is 18.9 Å². The maximum atomic E-state index is 12.8. The lowest BCUT2D eigenvalue weighted by atomic mass is 9.77. The smallest absolute Gasteiger partial charge is 0.314 e. The van der Waals surface area contributed by atoms with Gasteiger partial charge in [0.1, 0.15) is 5.82 Å². The molecule has 2 amide bonds. The van der Waals surface area contributed by atoms with Gasteiger partial charge in [-0.25, -0.2) is 9.18 Å². The predicted molar refractivity (Wildman–Crippen MR) is 87.2 cm³/mol. The molecule has 122 valence electrons. The van der Waals surface area contributed by atoms with Crippen LogP contribution in [0.2, 0.25) is 0 Å². The Morgan fingerprint density at radius 1 is 1.09 bits per heavy atom. The van der Waals surface area contributed by atoms with Gasteiger partial charge in [-0.05, 0) is 61.1 Å². The second-order valence-electron chi connectivity index (χ2n) is 6.80. The first kappa shape index (κ1) is 16.8. The highest BCUT2D eigenvalue weighted by Gasteiger charge is 2.23. The van der Waals surface area contributed by atoms with Gasteiger partial charge in [-0.1, -0.05) is 26.0 Å². The van der Waals surface area contributed by atoms with E-state index in [1.54, 1.807) is 12.1 Å². The monoisotopic (exact) mass is 306 g/mol. The van der Waals surface area contributed by atoms with Crippen LogP contribution in [0.25, 0.3) is 0 Å². The van der Waals surface area contributed by atoms with Crippen LogP contribution in [0.15, 0.2) is 24.3 Å². The Bertz CT molecular complexity index is 464. The lowest BCUT2D eigenvalue weighted by Gasteiger charge is -2.31. The highest BCUT2D eigenvalue weighted by atomic mass is 19.1. The molecule has 0 spiro atoms. The Balaban J connectivity index is 1.62. The number of hydrogen-bond acceptors (Lipinski definition) is 1. The van der Waals surface area contributed by atoms with Crippen LogP contribution in [0.1, 0.15) is 38.7 Å². The number of amides is 2. The van der Waals surface area contributed by atoms with Crippen molar-refractivity contribution in [2.75, 3.05) is 13.1 Å². The van der Waals surface area contributed by atoms with Crippen molar-refractivity contribution < 1.29 is 9.18 Å². The molecule has 4 heteroatoms. The van der Waals surface area contributed by atoms with Crippen molar-refractivity contribution in [3.05, 3.63) is 35.6 Å². The van der Waals surface area contributed by atoms with Crippen LogP contribution in [0.4, 0.5) is 9.18 Å². The van der Waals surface area contributed by atoms with Gasteiger partial charge in [0.15, 0.2) is 0 Å². The Morgan fingerprint density at radius 3 is 2.36 bits per heavy atom. The summed E-state index contributed by atoms with van der Waals surface area (Å²) in [6.45, 7) is 5.92. The summed E-state index contributed by atoms with van der Waals surface area (Å²) < 4.78 is 12.8. The van der Waals surface area contributed by atoms with E-state index in [1.165, 1.54) is 31.4 Å². The number of hydrogen-bond donors (Lipinski definition) is 2. The van der Waals surface area contributed by atoms with E-state index in [2.05, 4.69) is 24.5 Å². The first-order valence-corrected chi connectivity index (χ1v) is 8.29. The van der Waals surface area contributed by atoms with Gasteiger partial charge in [-0.3, -0.25) is 0 Å². The summed E-state index contributed by atoms with van der Waals surface area (Å²) >= 11 is 0. The molecule has 2 unspecified atom stereocenters. The standard InChI is InChI=1S/C18H27FN2O/c1-13-9-14(2)11-16(10-13)12-21-18(22)20-8-7-15-3-5-17(19)6-4-15/h3-6,13-14,16H,7-12H2,1-2H3,(H2,20,21,22). The van der Waals surface area contributed by atoms with E-state index in [0.717, 1.165) is 23.9 Å². The zero-order chi connectivity index (χ0) is 15.9. The molecule has 22 heavy (non-hydrogen) atoms. The molecular formula is C18H27FN2O. The Hall–Kier alpha value is -1.58. The minimum Gasteiger partial charge on any atom is -0.338 e. The number of urea groups is 1. The number of carbonyl (C=O) groups is 1. The molecule has 1 aromatic rings. The summed E-state index contributed by atoms with van der Waals surface area (Å²) in [7, 11) is 0. The fourth-order valence-corrected chi connectivity index (χ4v) is 3.55. The molecule has 2 N–H and O–H groups in total. The largest absolute Gasteiger partial charge is 0.338 e. The number of rotatable bonds is 5. The molecule has 1 fully saturated rings. The van der Waals surface area contributed by atoms with Crippen LogP contribution in [0.5, 0.6) is 0 Å². The molecule has 0 radical (unpaired) electrons. The van der Waals surface area contributed by atoms with Crippen molar-refractivity contribution in [3.8, 4) is 0 Å². The average Bonchev–Trinajstić information content (AvgIpc) is 2.46. The van der Waals surface area contributed by atoms with E-state index in [4.69, 9.17) is 0 Å². The molecule has 3 nitrogen and oxygen atoms in total. The van der Waals surface area contributed by atoms with Gasteiger partial charge in [0.05, 0.1) is 0 Å². The van der Waals surface area contributed by atoms with Gasteiger partial charge >= 0.3 is 6.03 Å². The van der Waals surface area contributed by atoms with Crippen LogP contribution >= 0.6 is 0 Å². The van der Waals surface area contributed by atoms with Crippen molar-refractivity contribution >= 4 is 6.03 Å². The van der Waals surface area contributed by atoms with Crippen molar-refractivity contribution in [2.24, 2.45) is 17.8 Å². The van der Waals surface area contributed by atoms with Gasteiger partial charge in [-0.2, -0.15) is 0 Å². The summed E-state index contributed by atoms with van der Waals surface area (Å²) in [5.74, 6) is 1.89. The zero-order valence-corrected chi connectivity index (χ0v) is 13.6. The topological polar surface area (TPSA) is 41.1 Å². The minimum atomic E-state index is -0.231. The molecule has 1 saturated carbocycles. The summed E-state index contributed by atoms with van der Waals surface area (Å²) in [5, 5.41) is 5.84. The number of carbonyl (C=O) groups excluding carboxylic acids is 1. The predicted octanol–water partition coefficient (Wildman–Crippen LogP) is 3.74. The molecule has 0 aliphatic heterocycles. The highest BCUT2D eigenvalue weighted by molar-refractivity contribution is 5.73. The molecule has 2 rings (SSSR count). The van der Waals surface area contributed by atoms with Gasteiger partial charge < -0.3 is 10.6 Å². The zero-order valence-electron chi connectivity index (χ0n) is 13.6. The van der Waals surface area contributed by atoms with E-state index in [-0.39, 0.29) is 11.8 Å². The molecule has 0 heterocycles. The van der Waals surface area contributed by atoms with Crippen LogP contribution in [0.3, 0.4) is 0 Å². The third-order valence-corrected chi connectivity index (χ3v) is 4.44. The first-order valence-electron chi connectivity index (χ1n) is 8.29. The Morgan fingerprint density at radius 2 is 1.73 bits per heavy atom. The van der Waals surface area contributed by atoms with Crippen molar-refractivity contribution in [1.82, 2.24) is 10.6 Å². The fourth-order valence-electron chi connectivity index (χ4n) is 3.55. The second-order valence-corrected chi connectivity index (χ2v) is 6.80. The van der Waals surface area contributed by atoms with Crippen molar-refractivity contribution in [2.45, 2.75) is 39.5 Å². The summed E-state index contributed by atoms with van der Waals surface area (Å²) in [5.41, 5.74) is 1.02. The molecule has 1 aliphatic rings. The van der Waals surface area contributed by atoms with E-state index >= 15 is 0 Å². The third-order valence-electron chi connectivity index (χ3n) is 4.44. The number of benzene rings is 1. The first-order chi connectivity index (χ1) is 10.5. The second kappa shape index (κ2) is 8.16. The lowest BCUT2D eigenvalue weighted by molar-refractivity contribution is 0.207. The summed E-state index contributed by atoms with van der Waals surface area (Å²) in [6, 6.07) is 6.29. The molecule has 2 atom stereocenters. The fraction of sp³-hybridized carbons (Fsp3) is 0.611. The van der Waals surface area contributed by atoms with E-state index in [1.807, 2.05) is 0 Å². The third kappa shape index (κ3) is 5.66. The van der Waals surface area contributed by atoms with E-state index in [9.17, 15) is 9.18 Å². The van der Waals surface area contributed by atoms with Crippen LogP contribution in [0, 0.1) is 23.6 Å². The molecule has 0 aromatic heterocycles. The SMILES string of the molecule is CC1CC(C)CC(CNC(=O)NCCc2ccc(F)cc2)C1. The Labute approximate surface area is 132 Å². The molecule has 1 aliphatic carbocycles. The van der Waals surface area contributed by atoms with Gasteiger partial charge in [0.2, 0.25) is 0 Å². The Kier molecular flexibility index (Phi) is 6.22. The average molecular weight is 306 g/mol. The quantitative estimate of drug-likeness (QED) is 0.855. The molecular weight excluding hydrogens is 279 g/mol. The summed E-state index contributed by atoms with van der Waals surface area (Å²) in [4.78, 5) is 11.8. The van der Waals surface area contributed by atoms with Crippen LogP contribution in [-0.2, 0) is 6.42 Å². The maximum absolute atomic E-state index is 12.8. The lowest BCUT2D eigenvalue weighted by Crippen LogP contribution is -2.40. The van der Waals surface area contributed by atoms with Gasteiger partial charge in [0.25, 0.3) is 0 Å². The van der Waals surface area contributed by atoms with E-state index < -0.39 is 0 Å². The molecule has 0 bridgehead atoms. The number of nitrogens with one attached hydrogen (secondary N) is 2.